The number of carbonyl (C=O) groups excluding carboxylic acids is 1. The first kappa shape index (κ1) is 22.1. The van der Waals surface area contributed by atoms with E-state index in [1.165, 1.54) is 11.8 Å². The lowest BCUT2D eigenvalue weighted by atomic mass is 9.98. The van der Waals surface area contributed by atoms with E-state index in [1.807, 2.05) is 74.5 Å². The lowest BCUT2D eigenvalue weighted by Gasteiger charge is -2.22. The summed E-state index contributed by atoms with van der Waals surface area (Å²) in [7, 11) is 1.64. The van der Waals surface area contributed by atoms with Crippen molar-refractivity contribution in [3.05, 3.63) is 83.2 Å². The van der Waals surface area contributed by atoms with Crippen LogP contribution < -0.4 is 4.74 Å². The van der Waals surface area contributed by atoms with Crippen LogP contribution >= 0.6 is 11.8 Å². The van der Waals surface area contributed by atoms with Gasteiger partial charge in [0.15, 0.2) is 0 Å². The maximum Gasteiger partial charge on any atom is 0.253 e. The molecular formula is C25H24N6O2S. The quantitative estimate of drug-likeness (QED) is 0.391. The number of methoxy groups -OCH3 is 1. The Morgan fingerprint density at radius 3 is 2.59 bits per heavy atom. The molecular weight excluding hydrogens is 448 g/mol. The van der Waals surface area contributed by atoms with Crippen LogP contribution in [0.5, 0.6) is 5.75 Å². The Labute approximate surface area is 201 Å². The third-order valence-corrected chi connectivity index (χ3v) is 6.52. The van der Waals surface area contributed by atoms with E-state index in [9.17, 15) is 4.79 Å². The second-order valence-corrected chi connectivity index (χ2v) is 9.02. The van der Waals surface area contributed by atoms with Gasteiger partial charge in [0.2, 0.25) is 5.16 Å². The van der Waals surface area contributed by atoms with Gasteiger partial charge in [-0.15, -0.1) is 5.10 Å². The Bertz CT molecular complexity index is 1370. The smallest absolute Gasteiger partial charge is 0.253 e. The summed E-state index contributed by atoms with van der Waals surface area (Å²) < 4.78 is 6.99. The third-order valence-electron chi connectivity index (χ3n) is 5.70. The van der Waals surface area contributed by atoms with Crippen molar-refractivity contribution in [3.63, 3.8) is 0 Å². The predicted molar refractivity (Wildman–Crippen MR) is 131 cm³/mol. The molecule has 1 atom stereocenters. The van der Waals surface area contributed by atoms with Crippen molar-refractivity contribution in [2.45, 2.75) is 31.5 Å². The van der Waals surface area contributed by atoms with E-state index < -0.39 is 0 Å². The number of thioether (sulfide) groups is 1. The number of hydrogen-bond acceptors (Lipinski definition) is 7. The van der Waals surface area contributed by atoms with Crippen molar-refractivity contribution in [1.29, 1.82) is 0 Å². The number of fused-ring (bicyclic) bond motifs is 1. The van der Waals surface area contributed by atoms with Gasteiger partial charge in [0.05, 0.1) is 24.6 Å². The highest BCUT2D eigenvalue weighted by molar-refractivity contribution is 7.99. The molecule has 0 bridgehead atoms. The van der Waals surface area contributed by atoms with Gasteiger partial charge >= 0.3 is 0 Å². The molecule has 2 aromatic heterocycles. The molecule has 3 heterocycles. The molecule has 1 aliphatic heterocycles. The minimum Gasteiger partial charge on any atom is -0.497 e. The number of rotatable bonds is 6. The van der Waals surface area contributed by atoms with Gasteiger partial charge in [-0.1, -0.05) is 54.2 Å². The van der Waals surface area contributed by atoms with Gasteiger partial charge in [-0.3, -0.25) is 4.79 Å². The van der Waals surface area contributed by atoms with Crippen LogP contribution in [-0.4, -0.2) is 49.1 Å². The van der Waals surface area contributed by atoms with Crippen LogP contribution in [0.1, 0.15) is 35.0 Å². The number of nitrogens with zero attached hydrogens (tertiary/aromatic N) is 6. The van der Waals surface area contributed by atoms with Gasteiger partial charge in [-0.2, -0.15) is 10.1 Å². The van der Waals surface area contributed by atoms with Crippen LogP contribution in [0, 0.1) is 13.8 Å². The van der Waals surface area contributed by atoms with Crippen molar-refractivity contribution < 1.29 is 9.53 Å². The summed E-state index contributed by atoms with van der Waals surface area (Å²) in [6, 6.07) is 19.5. The lowest BCUT2D eigenvalue weighted by Crippen LogP contribution is -2.28. The molecule has 0 fully saturated rings. The van der Waals surface area contributed by atoms with Gasteiger partial charge in [0.1, 0.15) is 5.75 Å². The van der Waals surface area contributed by atoms with Crippen molar-refractivity contribution in [2.24, 2.45) is 5.10 Å². The topological polar surface area (TPSA) is 85.0 Å². The Morgan fingerprint density at radius 2 is 1.85 bits per heavy atom. The molecule has 1 aliphatic rings. The Hall–Kier alpha value is -3.72. The van der Waals surface area contributed by atoms with Crippen LogP contribution in [0.3, 0.4) is 0 Å². The first-order valence-electron chi connectivity index (χ1n) is 10.9. The Kier molecular flexibility index (Phi) is 6.02. The van der Waals surface area contributed by atoms with Gasteiger partial charge in [-0.25, -0.2) is 14.5 Å². The van der Waals surface area contributed by atoms with Crippen molar-refractivity contribution in [3.8, 4) is 5.75 Å². The molecule has 9 heteroatoms. The zero-order valence-corrected chi connectivity index (χ0v) is 20.0. The van der Waals surface area contributed by atoms with Gasteiger partial charge in [0, 0.05) is 17.8 Å². The Balaban J connectivity index is 1.39. The van der Waals surface area contributed by atoms with Gasteiger partial charge in [-0.05, 0) is 43.2 Å². The minimum absolute atomic E-state index is 0.100. The Morgan fingerprint density at radius 1 is 1.09 bits per heavy atom. The molecule has 1 unspecified atom stereocenters. The van der Waals surface area contributed by atoms with E-state index in [2.05, 4.69) is 15.1 Å². The number of amides is 1. The molecule has 8 nitrogen and oxygen atoms in total. The highest BCUT2D eigenvalue weighted by Gasteiger charge is 2.33. The van der Waals surface area contributed by atoms with Gasteiger partial charge in [0.25, 0.3) is 11.7 Å². The molecule has 0 N–H and O–H groups in total. The number of hydrazone groups is 1. The fourth-order valence-electron chi connectivity index (χ4n) is 4.03. The maximum absolute atomic E-state index is 13.3. The van der Waals surface area contributed by atoms with Crippen LogP contribution in [-0.2, 0) is 4.79 Å². The second-order valence-electron chi connectivity index (χ2n) is 8.08. The number of carbonyl (C=O) groups is 1. The average molecular weight is 473 g/mol. The number of hydrogen-bond donors (Lipinski definition) is 0. The minimum atomic E-state index is -0.185. The number of ether oxygens (including phenoxy) is 1. The van der Waals surface area contributed by atoms with Crippen LogP contribution in [0.15, 0.2) is 70.9 Å². The predicted octanol–water partition coefficient (Wildman–Crippen LogP) is 4.22. The van der Waals surface area contributed by atoms with Crippen molar-refractivity contribution in [1.82, 2.24) is 24.6 Å². The molecule has 2 aromatic carbocycles. The van der Waals surface area contributed by atoms with E-state index >= 15 is 0 Å². The first-order valence-corrected chi connectivity index (χ1v) is 11.9. The normalized spacial score (nSPS) is 15.6. The fraction of sp³-hybridized carbons (Fsp3) is 0.240. The number of benzene rings is 2. The van der Waals surface area contributed by atoms with E-state index in [-0.39, 0.29) is 17.7 Å². The summed E-state index contributed by atoms with van der Waals surface area (Å²) in [4.78, 5) is 22.2. The molecule has 0 saturated carbocycles. The summed E-state index contributed by atoms with van der Waals surface area (Å²) in [6.07, 6.45) is 0.641. The lowest BCUT2D eigenvalue weighted by molar-refractivity contribution is -0.130. The standard InChI is InChI=1S/C25H24N6O2S/c1-16-13-17(2)30-24(26-16)27-25(29-30)34-15-23(32)31-22(19-9-11-20(33-3)12-10-19)14-21(28-31)18-7-5-4-6-8-18/h4-13,22H,14-15H2,1-3H3. The van der Waals surface area contributed by atoms with Gasteiger partial charge < -0.3 is 4.74 Å². The van der Waals surface area contributed by atoms with E-state index in [1.54, 1.807) is 16.6 Å². The van der Waals surface area contributed by atoms with Crippen LogP contribution in [0.2, 0.25) is 0 Å². The first-order chi connectivity index (χ1) is 16.5. The molecule has 0 radical (unpaired) electrons. The summed E-state index contributed by atoms with van der Waals surface area (Å²) in [6.45, 7) is 3.88. The second kappa shape index (κ2) is 9.26. The molecule has 34 heavy (non-hydrogen) atoms. The molecule has 5 rings (SSSR count). The van der Waals surface area contributed by atoms with Crippen molar-refractivity contribution >= 4 is 29.2 Å². The molecule has 172 valence electrons. The zero-order chi connectivity index (χ0) is 23.7. The third kappa shape index (κ3) is 4.38. The molecule has 4 aromatic rings. The average Bonchev–Trinajstić information content (AvgIpc) is 3.48. The highest BCUT2D eigenvalue weighted by Crippen LogP contribution is 2.34. The van der Waals surface area contributed by atoms with E-state index in [4.69, 9.17) is 9.84 Å². The number of aromatic nitrogens is 4. The molecule has 0 aliphatic carbocycles. The molecule has 1 amide bonds. The number of aryl methyl sites for hydroxylation is 2. The van der Waals surface area contributed by atoms with Crippen LogP contribution in [0.25, 0.3) is 5.78 Å². The van der Waals surface area contributed by atoms with Crippen molar-refractivity contribution in [2.75, 3.05) is 12.9 Å². The van der Waals surface area contributed by atoms with E-state index in [0.717, 1.165) is 34.0 Å². The van der Waals surface area contributed by atoms with Crippen LogP contribution in [0.4, 0.5) is 0 Å². The summed E-state index contributed by atoms with van der Waals surface area (Å²) >= 11 is 1.29. The maximum atomic E-state index is 13.3. The fourth-order valence-corrected chi connectivity index (χ4v) is 4.70. The largest absolute Gasteiger partial charge is 0.497 e. The summed E-state index contributed by atoms with van der Waals surface area (Å²) in [5, 5.41) is 11.3. The summed E-state index contributed by atoms with van der Waals surface area (Å²) in [5.41, 5.74) is 4.75. The zero-order valence-electron chi connectivity index (χ0n) is 19.2. The highest BCUT2D eigenvalue weighted by atomic mass is 32.2. The molecule has 0 saturated heterocycles. The monoisotopic (exact) mass is 472 g/mol. The SMILES string of the molecule is COc1ccc(C2CC(c3ccccc3)=NN2C(=O)CSc2nc3nc(C)cc(C)n3n2)cc1. The summed E-state index contributed by atoms with van der Waals surface area (Å²) in [5.74, 6) is 1.38. The molecule has 0 spiro atoms. The van der Waals surface area contributed by atoms with E-state index in [0.29, 0.717) is 17.4 Å².